The first-order chi connectivity index (χ1) is 41.3. The summed E-state index contributed by atoms with van der Waals surface area (Å²) in [7, 11) is 1.62. The summed E-state index contributed by atoms with van der Waals surface area (Å²) in [5, 5.41) is 20.1. The molecule has 0 aromatic rings. The minimum Gasteiger partial charge on any atom is -0.385 e. The van der Waals surface area contributed by atoms with Gasteiger partial charge in [0.05, 0.1) is 97.6 Å². The molecule has 0 aliphatic heterocycles. The summed E-state index contributed by atoms with van der Waals surface area (Å²) in [5.41, 5.74) is -1.37. The normalized spacial score (nSPS) is 12.8. The fourth-order valence-corrected chi connectivity index (χ4v) is 8.11. The van der Waals surface area contributed by atoms with Crippen LogP contribution in [0.15, 0.2) is 0 Å². The Bertz CT molecular complexity index is 1670. The van der Waals surface area contributed by atoms with Gasteiger partial charge in [-0.15, -0.1) is 0 Å². The van der Waals surface area contributed by atoms with Crippen LogP contribution in [-0.2, 0) is 80.9 Å². The van der Waals surface area contributed by atoms with Crippen LogP contribution < -0.4 is 37.2 Å². The highest BCUT2D eigenvalue weighted by atomic mass is 16.6. The minimum absolute atomic E-state index is 0.00649. The molecule has 0 saturated heterocycles. The van der Waals surface area contributed by atoms with Crippen LogP contribution >= 0.6 is 0 Å². The predicted molar refractivity (Wildman–Crippen MR) is 326 cm³/mol. The first-order valence-electron chi connectivity index (χ1n) is 32.0. The molecule has 0 spiro atoms. The molecule has 0 rings (SSSR count). The van der Waals surface area contributed by atoms with Crippen molar-refractivity contribution < 1.29 is 80.9 Å². The van der Waals surface area contributed by atoms with Crippen molar-refractivity contribution in [3.63, 3.8) is 0 Å². The molecule has 0 aromatic carbocycles. The van der Waals surface area contributed by atoms with Crippen molar-refractivity contribution in [3.05, 3.63) is 0 Å². The smallest absolute Gasteiger partial charge is 0.246 e. The lowest BCUT2D eigenvalue weighted by Gasteiger charge is -2.34. The standard InChI is InChI=1S/C61H117N7O17/c1-8-22-53(12-5)84-37-18-15-25-56(71)64-31-21-34-67-59(74)28-40-82-50-61(48-80-38-26-57(72)65-32-19-29-62-54(69)23-13-16-35-76-7,68-60(75)47-79-44-43-77-41-42-78-45-46-85-52(10-3)11-4)49-81-39-27-58(73)66-33-20-30-63-55(70)24-14-17-36-83-51(6)9-2/h51-53H,8-50H2,1-7H3,(H,62,69)(H,63,70)(H,64,71)(H,65,72)(H,66,73)(H,67,74)(H,68,75). The third kappa shape index (κ3) is 52.7. The molecule has 0 aliphatic rings. The van der Waals surface area contributed by atoms with Gasteiger partial charge in [0.25, 0.3) is 0 Å². The Morgan fingerprint density at radius 1 is 0.353 bits per heavy atom. The third-order valence-electron chi connectivity index (χ3n) is 13.4. The number of ether oxygens (including phenoxy) is 10. The first kappa shape index (κ1) is 80.9. The Hall–Kier alpha value is -4.11. The molecular formula is C61H117N7O17. The molecule has 7 amide bonds. The maximum Gasteiger partial charge on any atom is 0.246 e. The summed E-state index contributed by atoms with van der Waals surface area (Å²) in [6.07, 6.45) is 14.1. The minimum atomic E-state index is -1.37. The molecule has 7 N–H and O–H groups in total. The summed E-state index contributed by atoms with van der Waals surface area (Å²) in [6, 6.07) is 0. The Labute approximate surface area is 510 Å². The van der Waals surface area contributed by atoms with E-state index in [1.165, 1.54) is 0 Å². The molecule has 0 bridgehead atoms. The van der Waals surface area contributed by atoms with Crippen LogP contribution in [0.1, 0.15) is 176 Å². The maximum atomic E-state index is 13.6. The first-order valence-corrected chi connectivity index (χ1v) is 32.0. The zero-order chi connectivity index (χ0) is 62.7. The summed E-state index contributed by atoms with van der Waals surface area (Å²) >= 11 is 0. The van der Waals surface area contributed by atoms with E-state index in [1.54, 1.807) is 7.11 Å². The van der Waals surface area contributed by atoms with Gasteiger partial charge in [0.2, 0.25) is 41.4 Å². The van der Waals surface area contributed by atoms with E-state index in [-0.39, 0.29) is 132 Å². The van der Waals surface area contributed by atoms with Gasteiger partial charge in [0, 0.05) is 105 Å². The van der Waals surface area contributed by atoms with Gasteiger partial charge in [-0.05, 0) is 96.8 Å². The third-order valence-corrected chi connectivity index (χ3v) is 13.4. The average Bonchev–Trinajstić information content (AvgIpc) is 3.57. The van der Waals surface area contributed by atoms with Gasteiger partial charge in [0.1, 0.15) is 12.1 Å². The van der Waals surface area contributed by atoms with Gasteiger partial charge in [-0.3, -0.25) is 33.6 Å². The number of nitrogens with one attached hydrogen (secondary N) is 7. The van der Waals surface area contributed by atoms with Gasteiger partial charge in [-0.25, -0.2) is 0 Å². The second-order valence-corrected chi connectivity index (χ2v) is 21.1. The van der Waals surface area contributed by atoms with E-state index in [0.717, 1.165) is 77.0 Å². The van der Waals surface area contributed by atoms with E-state index in [0.29, 0.717) is 124 Å². The summed E-state index contributed by atoms with van der Waals surface area (Å²) < 4.78 is 57.4. The maximum absolute atomic E-state index is 13.6. The molecular weight excluding hydrogens is 1100 g/mol. The molecule has 85 heavy (non-hydrogen) atoms. The number of carbonyl (C=O) groups is 7. The molecule has 3 atom stereocenters. The van der Waals surface area contributed by atoms with Crippen LogP contribution in [0.4, 0.5) is 0 Å². The van der Waals surface area contributed by atoms with E-state index in [1.807, 2.05) is 6.92 Å². The molecule has 0 saturated carbocycles. The second kappa shape index (κ2) is 58.9. The van der Waals surface area contributed by atoms with E-state index in [9.17, 15) is 33.6 Å². The van der Waals surface area contributed by atoms with Crippen molar-refractivity contribution >= 4 is 41.4 Å². The van der Waals surface area contributed by atoms with E-state index in [2.05, 4.69) is 71.8 Å². The Morgan fingerprint density at radius 3 is 1.11 bits per heavy atom. The number of methoxy groups -OCH3 is 1. The second-order valence-electron chi connectivity index (χ2n) is 21.1. The van der Waals surface area contributed by atoms with E-state index >= 15 is 0 Å². The van der Waals surface area contributed by atoms with Crippen LogP contribution in [0, 0.1) is 0 Å². The van der Waals surface area contributed by atoms with Crippen LogP contribution in [0.5, 0.6) is 0 Å². The number of unbranched alkanes of at least 4 members (excludes halogenated alkanes) is 3. The molecule has 498 valence electrons. The van der Waals surface area contributed by atoms with Gasteiger partial charge in [0.15, 0.2) is 0 Å². The van der Waals surface area contributed by atoms with Crippen molar-refractivity contribution in [2.24, 2.45) is 0 Å². The zero-order valence-electron chi connectivity index (χ0n) is 53.6. The van der Waals surface area contributed by atoms with Crippen molar-refractivity contribution in [2.45, 2.75) is 200 Å². The Balaban J connectivity index is 5.58. The van der Waals surface area contributed by atoms with Crippen LogP contribution in [0.25, 0.3) is 0 Å². The molecule has 0 radical (unpaired) electrons. The summed E-state index contributed by atoms with van der Waals surface area (Å²) in [4.78, 5) is 88.9. The van der Waals surface area contributed by atoms with Crippen molar-refractivity contribution in [1.82, 2.24) is 37.2 Å². The molecule has 0 aliphatic carbocycles. The number of hydrogen-bond donors (Lipinski definition) is 7. The Morgan fingerprint density at radius 2 is 0.718 bits per heavy atom. The summed E-state index contributed by atoms with van der Waals surface area (Å²) in [5.74, 6) is -1.48. The number of hydrogen-bond acceptors (Lipinski definition) is 17. The van der Waals surface area contributed by atoms with Crippen molar-refractivity contribution in [1.29, 1.82) is 0 Å². The van der Waals surface area contributed by atoms with Gasteiger partial charge in [-0.2, -0.15) is 0 Å². The molecule has 0 fully saturated rings. The lowest BCUT2D eigenvalue weighted by atomic mass is 10.0. The Kier molecular flexibility index (Phi) is 56.0. The highest BCUT2D eigenvalue weighted by Crippen LogP contribution is 2.12. The summed E-state index contributed by atoms with van der Waals surface area (Å²) in [6.45, 7) is 17.7. The SMILES string of the molecule is CCCC(CC)OCCCCC(=O)NCCCNC(=O)CCOCC(COCCC(=O)NCCCNC(=O)CCCCOC)(COCCC(=O)NCCCNC(=O)CCCCOC(C)CC)NC(=O)COCCOCCOCCOC(CC)CC. The van der Waals surface area contributed by atoms with Crippen LogP contribution in [0.2, 0.25) is 0 Å². The molecule has 24 nitrogen and oxygen atoms in total. The number of rotatable bonds is 63. The molecule has 24 heteroatoms. The topological polar surface area (TPSA) is 296 Å². The molecule has 0 heterocycles. The number of carbonyl (C=O) groups excluding carboxylic acids is 7. The number of amides is 7. The fourth-order valence-electron chi connectivity index (χ4n) is 8.11. The largest absolute Gasteiger partial charge is 0.385 e. The predicted octanol–water partition coefficient (Wildman–Crippen LogP) is 4.75. The van der Waals surface area contributed by atoms with E-state index in [4.69, 9.17) is 47.4 Å². The monoisotopic (exact) mass is 1220 g/mol. The lowest BCUT2D eigenvalue weighted by molar-refractivity contribution is -0.134. The fraction of sp³-hybridized carbons (Fsp3) is 0.885. The molecule has 3 unspecified atom stereocenters. The zero-order valence-corrected chi connectivity index (χ0v) is 53.6. The van der Waals surface area contributed by atoms with Gasteiger partial charge < -0.3 is 84.6 Å². The van der Waals surface area contributed by atoms with Crippen molar-refractivity contribution in [3.8, 4) is 0 Å². The highest BCUT2D eigenvalue weighted by Gasteiger charge is 2.34. The lowest BCUT2D eigenvalue weighted by Crippen LogP contribution is -2.59. The van der Waals surface area contributed by atoms with Crippen LogP contribution in [0.3, 0.4) is 0 Å². The highest BCUT2D eigenvalue weighted by molar-refractivity contribution is 5.79. The quantitative estimate of drug-likeness (QED) is 0.0404. The molecule has 0 aromatic heterocycles. The average molecular weight is 1220 g/mol. The van der Waals surface area contributed by atoms with Gasteiger partial charge in [-0.1, -0.05) is 41.0 Å². The van der Waals surface area contributed by atoms with Crippen molar-refractivity contribution in [2.75, 3.05) is 152 Å². The van der Waals surface area contributed by atoms with Crippen LogP contribution in [-0.4, -0.2) is 217 Å². The van der Waals surface area contributed by atoms with E-state index < -0.39 is 11.4 Å². The van der Waals surface area contributed by atoms with Gasteiger partial charge >= 0.3 is 0 Å².